The predicted molar refractivity (Wildman–Crippen MR) is 96.1 cm³/mol. The second-order valence-electron chi connectivity index (χ2n) is 6.29. The smallest absolute Gasteiger partial charge is 0.0377 e. The molecule has 0 bridgehead atoms. The summed E-state index contributed by atoms with van der Waals surface area (Å²) in [7, 11) is 2.01. The second kappa shape index (κ2) is 8.19. The maximum Gasteiger partial charge on any atom is 0.0377 e. The Hall–Kier alpha value is -0.540. The molecule has 2 unspecified atom stereocenters. The Bertz CT molecular complexity index is 447. The van der Waals surface area contributed by atoms with Gasteiger partial charge < -0.3 is 10.2 Å². The van der Waals surface area contributed by atoms with Crippen molar-refractivity contribution in [3.05, 3.63) is 28.2 Å². The molecule has 0 aliphatic carbocycles. The van der Waals surface area contributed by atoms with Crippen LogP contribution in [0.4, 0.5) is 5.69 Å². The van der Waals surface area contributed by atoms with E-state index in [1.807, 2.05) is 7.05 Å². The highest BCUT2D eigenvalue weighted by molar-refractivity contribution is 9.10. The number of hydrogen-bond acceptors (Lipinski definition) is 2. The summed E-state index contributed by atoms with van der Waals surface area (Å²) in [6.07, 6.45) is 6.81. The molecule has 2 atom stereocenters. The van der Waals surface area contributed by atoms with Crippen LogP contribution < -0.4 is 10.2 Å². The number of rotatable bonds is 5. The standard InChI is InChI=1S/C18H29BrN2/c1-4-6-15-7-5-11-21(12-10-15)16-8-9-17(14(2)20-3)18(19)13-16/h8-9,13-15,20H,4-7,10-12H2,1-3H3. The van der Waals surface area contributed by atoms with E-state index in [1.165, 1.54) is 60.9 Å². The van der Waals surface area contributed by atoms with Gasteiger partial charge in [-0.25, -0.2) is 0 Å². The van der Waals surface area contributed by atoms with Gasteiger partial charge in [0.25, 0.3) is 0 Å². The Kier molecular flexibility index (Phi) is 6.56. The van der Waals surface area contributed by atoms with E-state index in [0.717, 1.165) is 5.92 Å². The van der Waals surface area contributed by atoms with Crippen molar-refractivity contribution in [3.63, 3.8) is 0 Å². The van der Waals surface area contributed by atoms with Gasteiger partial charge in [-0.05, 0) is 56.8 Å². The van der Waals surface area contributed by atoms with Crippen molar-refractivity contribution in [1.29, 1.82) is 0 Å². The summed E-state index contributed by atoms with van der Waals surface area (Å²) in [4.78, 5) is 2.56. The quantitative estimate of drug-likeness (QED) is 0.789. The molecule has 0 saturated carbocycles. The van der Waals surface area contributed by atoms with E-state index in [9.17, 15) is 0 Å². The monoisotopic (exact) mass is 352 g/mol. The molecule has 1 aromatic carbocycles. The molecular weight excluding hydrogens is 324 g/mol. The SMILES string of the molecule is CCCC1CCCN(c2ccc(C(C)NC)c(Br)c2)CC1. The number of hydrogen-bond donors (Lipinski definition) is 1. The molecule has 118 valence electrons. The molecule has 1 aromatic rings. The summed E-state index contributed by atoms with van der Waals surface area (Å²) < 4.78 is 1.22. The van der Waals surface area contributed by atoms with Crippen molar-refractivity contribution < 1.29 is 0 Å². The van der Waals surface area contributed by atoms with Crippen LogP contribution in [0.1, 0.15) is 57.6 Å². The summed E-state index contributed by atoms with van der Waals surface area (Å²) in [5.41, 5.74) is 2.70. The molecule has 1 aliphatic heterocycles. The van der Waals surface area contributed by atoms with Gasteiger partial charge in [-0.3, -0.25) is 0 Å². The first-order valence-electron chi connectivity index (χ1n) is 8.37. The summed E-state index contributed by atoms with van der Waals surface area (Å²) in [5.74, 6) is 0.937. The Labute approximate surface area is 138 Å². The van der Waals surface area contributed by atoms with E-state index in [-0.39, 0.29) is 0 Å². The summed E-state index contributed by atoms with van der Waals surface area (Å²) in [6.45, 7) is 6.91. The molecule has 1 heterocycles. The third kappa shape index (κ3) is 4.46. The van der Waals surface area contributed by atoms with E-state index in [1.54, 1.807) is 0 Å². The Morgan fingerprint density at radius 1 is 1.33 bits per heavy atom. The lowest BCUT2D eigenvalue weighted by Gasteiger charge is -2.24. The third-order valence-electron chi connectivity index (χ3n) is 4.79. The molecular formula is C18H29BrN2. The number of nitrogens with zero attached hydrogens (tertiary/aromatic N) is 1. The van der Waals surface area contributed by atoms with Gasteiger partial charge in [0.1, 0.15) is 0 Å². The molecule has 1 aliphatic rings. The first kappa shape index (κ1) is 16.8. The molecule has 0 radical (unpaired) electrons. The fraction of sp³-hybridized carbons (Fsp3) is 0.667. The largest absolute Gasteiger partial charge is 0.371 e. The number of nitrogens with one attached hydrogen (secondary N) is 1. The van der Waals surface area contributed by atoms with Gasteiger partial charge in [-0.1, -0.05) is 41.8 Å². The average molecular weight is 353 g/mol. The fourth-order valence-corrected chi connectivity index (χ4v) is 4.05. The first-order valence-corrected chi connectivity index (χ1v) is 9.16. The first-order chi connectivity index (χ1) is 10.2. The molecule has 0 aromatic heterocycles. The van der Waals surface area contributed by atoms with Crippen molar-refractivity contribution in [2.24, 2.45) is 5.92 Å². The lowest BCUT2D eigenvalue weighted by Crippen LogP contribution is -2.24. The van der Waals surface area contributed by atoms with Crippen LogP contribution >= 0.6 is 15.9 Å². The zero-order valence-corrected chi connectivity index (χ0v) is 15.2. The zero-order valence-electron chi connectivity index (χ0n) is 13.7. The van der Waals surface area contributed by atoms with Gasteiger partial charge in [0, 0.05) is 29.3 Å². The normalized spacial score (nSPS) is 21.1. The molecule has 1 saturated heterocycles. The average Bonchev–Trinajstić information content (AvgIpc) is 2.72. The van der Waals surface area contributed by atoms with Crippen LogP contribution in [0.15, 0.2) is 22.7 Å². The molecule has 2 rings (SSSR count). The Balaban J connectivity index is 2.06. The highest BCUT2D eigenvalue weighted by atomic mass is 79.9. The lowest BCUT2D eigenvalue weighted by atomic mass is 9.96. The van der Waals surface area contributed by atoms with Crippen LogP contribution in [0, 0.1) is 5.92 Å². The van der Waals surface area contributed by atoms with Gasteiger partial charge in [0.15, 0.2) is 0 Å². The lowest BCUT2D eigenvalue weighted by molar-refractivity contribution is 0.435. The minimum atomic E-state index is 0.381. The molecule has 2 nitrogen and oxygen atoms in total. The number of anilines is 1. The van der Waals surface area contributed by atoms with E-state index in [2.05, 4.69) is 58.2 Å². The zero-order chi connectivity index (χ0) is 15.2. The van der Waals surface area contributed by atoms with Crippen molar-refractivity contribution in [2.75, 3.05) is 25.0 Å². The molecule has 0 amide bonds. The van der Waals surface area contributed by atoms with Crippen LogP contribution in [0.2, 0.25) is 0 Å². The van der Waals surface area contributed by atoms with Crippen molar-refractivity contribution in [1.82, 2.24) is 5.32 Å². The molecule has 1 fully saturated rings. The third-order valence-corrected chi connectivity index (χ3v) is 5.48. The minimum absolute atomic E-state index is 0.381. The molecule has 21 heavy (non-hydrogen) atoms. The van der Waals surface area contributed by atoms with Gasteiger partial charge >= 0.3 is 0 Å². The van der Waals surface area contributed by atoms with E-state index < -0.39 is 0 Å². The van der Waals surface area contributed by atoms with Crippen LogP contribution in [-0.4, -0.2) is 20.1 Å². The summed E-state index contributed by atoms with van der Waals surface area (Å²) in [6, 6.07) is 7.22. The minimum Gasteiger partial charge on any atom is -0.371 e. The summed E-state index contributed by atoms with van der Waals surface area (Å²) >= 11 is 3.74. The Morgan fingerprint density at radius 3 is 2.81 bits per heavy atom. The van der Waals surface area contributed by atoms with Crippen molar-refractivity contribution >= 4 is 21.6 Å². The highest BCUT2D eigenvalue weighted by Gasteiger charge is 2.17. The summed E-state index contributed by atoms with van der Waals surface area (Å²) in [5, 5.41) is 3.31. The highest BCUT2D eigenvalue weighted by Crippen LogP contribution is 2.30. The van der Waals surface area contributed by atoms with Gasteiger partial charge in [0.05, 0.1) is 0 Å². The number of halogens is 1. The number of benzene rings is 1. The second-order valence-corrected chi connectivity index (χ2v) is 7.14. The fourth-order valence-electron chi connectivity index (χ4n) is 3.34. The molecule has 3 heteroatoms. The van der Waals surface area contributed by atoms with Gasteiger partial charge in [-0.2, -0.15) is 0 Å². The molecule has 1 N–H and O–H groups in total. The maximum atomic E-state index is 3.74. The Morgan fingerprint density at radius 2 is 2.14 bits per heavy atom. The molecule has 0 spiro atoms. The van der Waals surface area contributed by atoms with Crippen LogP contribution in [0.5, 0.6) is 0 Å². The van der Waals surface area contributed by atoms with E-state index in [0.29, 0.717) is 6.04 Å². The van der Waals surface area contributed by atoms with Crippen LogP contribution in [0.25, 0.3) is 0 Å². The van der Waals surface area contributed by atoms with Gasteiger partial charge in [0.2, 0.25) is 0 Å². The van der Waals surface area contributed by atoms with Gasteiger partial charge in [-0.15, -0.1) is 0 Å². The van der Waals surface area contributed by atoms with E-state index >= 15 is 0 Å². The maximum absolute atomic E-state index is 3.74. The predicted octanol–water partition coefficient (Wildman–Crippen LogP) is 5.14. The van der Waals surface area contributed by atoms with Crippen LogP contribution in [-0.2, 0) is 0 Å². The van der Waals surface area contributed by atoms with Crippen molar-refractivity contribution in [3.8, 4) is 0 Å². The van der Waals surface area contributed by atoms with E-state index in [4.69, 9.17) is 0 Å². The van der Waals surface area contributed by atoms with Crippen LogP contribution in [0.3, 0.4) is 0 Å². The van der Waals surface area contributed by atoms with Crippen molar-refractivity contribution in [2.45, 2.75) is 52.0 Å². The topological polar surface area (TPSA) is 15.3 Å².